The van der Waals surface area contributed by atoms with Gasteiger partial charge >= 0.3 is 11.9 Å². The lowest BCUT2D eigenvalue weighted by Gasteiger charge is -2.42. The van der Waals surface area contributed by atoms with Gasteiger partial charge in [-0.05, 0) is 31.4 Å². The average molecular weight is 262 g/mol. The maximum Gasteiger partial charge on any atom is 0.338 e. The van der Waals surface area contributed by atoms with Crippen molar-refractivity contribution in [1.82, 2.24) is 0 Å². The first kappa shape index (κ1) is 13.6. The van der Waals surface area contributed by atoms with E-state index in [0.29, 0.717) is 25.0 Å². The monoisotopic (exact) mass is 262 g/mol. The number of rotatable bonds is 5. The Labute approximate surface area is 112 Å². The van der Waals surface area contributed by atoms with E-state index < -0.39 is 5.60 Å². The normalized spacial score (nSPS) is 23.2. The van der Waals surface area contributed by atoms with E-state index >= 15 is 0 Å². The fraction of sp³-hybridized carbons (Fsp3) is 0.467. The van der Waals surface area contributed by atoms with Crippen LogP contribution in [0.4, 0.5) is 0 Å². The van der Waals surface area contributed by atoms with E-state index in [1.807, 2.05) is 19.9 Å². The van der Waals surface area contributed by atoms with Gasteiger partial charge in [-0.3, -0.25) is 4.79 Å². The van der Waals surface area contributed by atoms with Crippen molar-refractivity contribution in [3.05, 3.63) is 35.9 Å². The molecule has 19 heavy (non-hydrogen) atoms. The summed E-state index contributed by atoms with van der Waals surface area (Å²) in [7, 11) is 0. The molecule has 1 heterocycles. The molecule has 4 heteroatoms. The van der Waals surface area contributed by atoms with Gasteiger partial charge in [0.05, 0.1) is 18.6 Å². The molecule has 0 spiro atoms. The SMILES string of the molecule is CC(CCOC(=O)c1ccccc1)C1(C)CC(=O)O1. The largest absolute Gasteiger partial charge is 0.462 e. The molecule has 1 fully saturated rings. The van der Waals surface area contributed by atoms with Crippen molar-refractivity contribution in [2.24, 2.45) is 5.92 Å². The van der Waals surface area contributed by atoms with Crippen LogP contribution < -0.4 is 0 Å². The van der Waals surface area contributed by atoms with Gasteiger partial charge in [-0.2, -0.15) is 0 Å². The Hall–Kier alpha value is -1.84. The van der Waals surface area contributed by atoms with Crippen molar-refractivity contribution in [2.45, 2.75) is 32.3 Å². The molecule has 2 rings (SSSR count). The van der Waals surface area contributed by atoms with Gasteiger partial charge in [-0.1, -0.05) is 25.1 Å². The molecule has 1 aliphatic heterocycles. The van der Waals surface area contributed by atoms with Crippen LogP contribution >= 0.6 is 0 Å². The van der Waals surface area contributed by atoms with Gasteiger partial charge < -0.3 is 9.47 Å². The molecule has 1 aliphatic rings. The van der Waals surface area contributed by atoms with E-state index in [-0.39, 0.29) is 17.9 Å². The highest BCUT2D eigenvalue weighted by molar-refractivity contribution is 5.89. The second-order valence-electron chi connectivity index (χ2n) is 5.16. The Kier molecular flexibility index (Phi) is 3.88. The second-order valence-corrected chi connectivity index (χ2v) is 5.16. The van der Waals surface area contributed by atoms with Crippen LogP contribution in [-0.2, 0) is 14.3 Å². The summed E-state index contributed by atoms with van der Waals surface area (Å²) in [6.45, 7) is 4.25. The van der Waals surface area contributed by atoms with E-state index in [2.05, 4.69) is 0 Å². The van der Waals surface area contributed by atoms with Crippen LogP contribution in [0.25, 0.3) is 0 Å². The van der Waals surface area contributed by atoms with Gasteiger partial charge in [-0.25, -0.2) is 4.79 Å². The summed E-state index contributed by atoms with van der Waals surface area (Å²) >= 11 is 0. The fourth-order valence-corrected chi connectivity index (χ4v) is 2.10. The summed E-state index contributed by atoms with van der Waals surface area (Å²) in [6.07, 6.45) is 1.13. The maximum absolute atomic E-state index is 11.7. The number of carbonyl (C=O) groups is 2. The number of ether oxygens (including phenoxy) is 2. The molecule has 1 aromatic carbocycles. The molecule has 0 N–H and O–H groups in total. The summed E-state index contributed by atoms with van der Waals surface area (Å²) in [5.41, 5.74) is 0.160. The third-order valence-corrected chi connectivity index (χ3v) is 3.68. The van der Waals surface area contributed by atoms with Crippen molar-refractivity contribution in [2.75, 3.05) is 6.61 Å². The number of esters is 2. The van der Waals surface area contributed by atoms with Gasteiger partial charge in [0.1, 0.15) is 5.60 Å². The molecule has 1 saturated heterocycles. The molecular formula is C15H18O4. The smallest absolute Gasteiger partial charge is 0.338 e. The topological polar surface area (TPSA) is 52.6 Å². The number of hydrogen-bond acceptors (Lipinski definition) is 4. The third-order valence-electron chi connectivity index (χ3n) is 3.68. The number of hydrogen-bond donors (Lipinski definition) is 0. The highest BCUT2D eigenvalue weighted by Crippen LogP contribution is 2.36. The Morgan fingerprint density at radius 2 is 2.05 bits per heavy atom. The van der Waals surface area contributed by atoms with Gasteiger partial charge in [0.25, 0.3) is 0 Å². The van der Waals surface area contributed by atoms with Crippen molar-refractivity contribution in [3.63, 3.8) is 0 Å². The van der Waals surface area contributed by atoms with Gasteiger partial charge in [0.15, 0.2) is 0 Å². The second kappa shape index (κ2) is 5.43. The first-order chi connectivity index (χ1) is 9.01. The summed E-state index contributed by atoms with van der Waals surface area (Å²) < 4.78 is 10.4. The third kappa shape index (κ3) is 3.13. The van der Waals surface area contributed by atoms with E-state index in [0.717, 1.165) is 0 Å². The zero-order chi connectivity index (χ0) is 13.9. The van der Waals surface area contributed by atoms with Crippen LogP contribution in [0.5, 0.6) is 0 Å². The van der Waals surface area contributed by atoms with E-state index in [1.54, 1.807) is 24.3 Å². The van der Waals surface area contributed by atoms with Crippen molar-refractivity contribution < 1.29 is 19.1 Å². The number of carbonyl (C=O) groups excluding carboxylic acids is 2. The maximum atomic E-state index is 11.7. The molecule has 0 aliphatic carbocycles. The quantitative estimate of drug-likeness (QED) is 0.765. The molecular weight excluding hydrogens is 244 g/mol. The van der Waals surface area contributed by atoms with Crippen LogP contribution in [0.2, 0.25) is 0 Å². The van der Waals surface area contributed by atoms with E-state index in [1.165, 1.54) is 0 Å². The Morgan fingerprint density at radius 3 is 2.63 bits per heavy atom. The van der Waals surface area contributed by atoms with Crippen molar-refractivity contribution in [1.29, 1.82) is 0 Å². The first-order valence-corrected chi connectivity index (χ1v) is 6.45. The highest BCUT2D eigenvalue weighted by atomic mass is 16.6. The molecule has 0 bridgehead atoms. The lowest BCUT2D eigenvalue weighted by Crippen LogP contribution is -2.50. The van der Waals surface area contributed by atoms with E-state index in [4.69, 9.17) is 9.47 Å². The molecule has 2 unspecified atom stereocenters. The molecule has 2 atom stereocenters. The predicted molar refractivity (Wildman–Crippen MR) is 69.6 cm³/mol. The molecule has 4 nitrogen and oxygen atoms in total. The predicted octanol–water partition coefficient (Wildman–Crippen LogP) is 2.58. The van der Waals surface area contributed by atoms with Crippen LogP contribution in [-0.4, -0.2) is 24.1 Å². The number of cyclic esters (lactones) is 1. The Bertz CT molecular complexity index is 458. The molecule has 102 valence electrons. The van der Waals surface area contributed by atoms with Gasteiger partial charge in [-0.15, -0.1) is 0 Å². The van der Waals surface area contributed by atoms with Crippen LogP contribution in [0.3, 0.4) is 0 Å². The lowest BCUT2D eigenvalue weighted by atomic mass is 9.82. The molecule has 0 radical (unpaired) electrons. The fourth-order valence-electron chi connectivity index (χ4n) is 2.10. The minimum atomic E-state index is -0.393. The Morgan fingerprint density at radius 1 is 1.42 bits per heavy atom. The molecule has 0 saturated carbocycles. The zero-order valence-electron chi connectivity index (χ0n) is 11.2. The molecule has 0 amide bonds. The average Bonchev–Trinajstić information content (AvgIpc) is 2.37. The summed E-state index contributed by atoms with van der Waals surface area (Å²) in [4.78, 5) is 22.6. The lowest BCUT2D eigenvalue weighted by molar-refractivity contribution is -0.198. The van der Waals surface area contributed by atoms with E-state index in [9.17, 15) is 9.59 Å². The van der Waals surface area contributed by atoms with Gasteiger partial charge in [0.2, 0.25) is 0 Å². The Balaban J connectivity index is 1.75. The number of benzene rings is 1. The van der Waals surface area contributed by atoms with Gasteiger partial charge in [0, 0.05) is 0 Å². The first-order valence-electron chi connectivity index (χ1n) is 6.45. The van der Waals surface area contributed by atoms with Crippen molar-refractivity contribution in [3.8, 4) is 0 Å². The zero-order valence-corrected chi connectivity index (χ0v) is 11.2. The van der Waals surface area contributed by atoms with Crippen LogP contribution in [0, 0.1) is 5.92 Å². The summed E-state index contributed by atoms with van der Waals surface area (Å²) in [5.74, 6) is -0.298. The van der Waals surface area contributed by atoms with Crippen molar-refractivity contribution >= 4 is 11.9 Å². The minimum Gasteiger partial charge on any atom is -0.462 e. The summed E-state index contributed by atoms with van der Waals surface area (Å²) in [5, 5.41) is 0. The minimum absolute atomic E-state index is 0.157. The highest BCUT2D eigenvalue weighted by Gasteiger charge is 2.45. The molecule has 1 aromatic rings. The standard InChI is InChI=1S/C15H18O4/c1-11(15(2)10-13(16)19-15)8-9-18-14(17)12-6-4-3-5-7-12/h3-7,11H,8-10H2,1-2H3. The summed E-state index contributed by atoms with van der Waals surface area (Å²) in [6, 6.07) is 8.90. The van der Waals surface area contributed by atoms with Crippen LogP contribution in [0.15, 0.2) is 30.3 Å². The molecule has 0 aromatic heterocycles. The van der Waals surface area contributed by atoms with Crippen LogP contribution in [0.1, 0.15) is 37.0 Å².